The van der Waals surface area contributed by atoms with Crippen LogP contribution in [0.3, 0.4) is 0 Å². The Morgan fingerprint density at radius 2 is 1.78 bits per heavy atom. The van der Waals surface area contributed by atoms with Gasteiger partial charge in [0.1, 0.15) is 5.75 Å². The fourth-order valence-electron chi connectivity index (χ4n) is 3.79. The van der Waals surface area contributed by atoms with E-state index in [-0.39, 0.29) is 18.2 Å². The van der Waals surface area contributed by atoms with Gasteiger partial charge in [0.25, 0.3) is 0 Å². The third kappa shape index (κ3) is 3.93. The number of hydrogen-bond acceptors (Lipinski definition) is 8. The summed E-state index contributed by atoms with van der Waals surface area (Å²) < 4.78 is 27.4. The molecule has 0 bridgehead atoms. The van der Waals surface area contributed by atoms with Crippen LogP contribution in [-0.4, -0.2) is 50.5 Å². The third-order valence-corrected chi connectivity index (χ3v) is 5.30. The molecule has 1 aliphatic rings. The van der Waals surface area contributed by atoms with Crippen molar-refractivity contribution in [3.8, 4) is 34.4 Å². The number of benzene rings is 2. The first-order chi connectivity index (χ1) is 15.6. The fourth-order valence-corrected chi connectivity index (χ4v) is 3.79. The van der Waals surface area contributed by atoms with E-state index in [4.69, 9.17) is 23.5 Å². The highest BCUT2D eigenvalue weighted by Gasteiger charge is 2.36. The van der Waals surface area contributed by atoms with Crippen LogP contribution in [0.2, 0.25) is 0 Å². The molecule has 1 saturated heterocycles. The molecule has 0 spiro atoms. The van der Waals surface area contributed by atoms with Crippen LogP contribution in [0.1, 0.15) is 25.2 Å². The van der Waals surface area contributed by atoms with Crippen molar-refractivity contribution in [3.05, 3.63) is 42.3 Å². The largest absolute Gasteiger partial charge is 0.493 e. The van der Waals surface area contributed by atoms with Gasteiger partial charge in [-0.1, -0.05) is 17.3 Å². The second-order valence-electron chi connectivity index (χ2n) is 7.17. The lowest BCUT2D eigenvalue weighted by atomic mass is 10.1. The van der Waals surface area contributed by atoms with Gasteiger partial charge < -0.3 is 28.4 Å². The molecule has 1 fully saturated rings. The fraction of sp³-hybridized carbons (Fsp3) is 0.348. The number of aromatic nitrogens is 2. The van der Waals surface area contributed by atoms with Gasteiger partial charge in [-0.05, 0) is 19.1 Å². The quantitative estimate of drug-likeness (QED) is 0.524. The lowest BCUT2D eigenvalue weighted by molar-refractivity contribution is -0.117. The molecule has 3 aromatic rings. The van der Waals surface area contributed by atoms with Gasteiger partial charge in [-0.25, -0.2) is 0 Å². The zero-order chi connectivity index (χ0) is 22.7. The Kier molecular flexibility index (Phi) is 6.16. The minimum absolute atomic E-state index is 0.0567. The number of anilines is 1. The van der Waals surface area contributed by atoms with Crippen LogP contribution in [0.4, 0.5) is 5.69 Å². The first-order valence-electron chi connectivity index (χ1n) is 10.3. The Labute approximate surface area is 185 Å². The van der Waals surface area contributed by atoms with Crippen LogP contribution in [0.5, 0.6) is 23.0 Å². The summed E-state index contributed by atoms with van der Waals surface area (Å²) in [6.45, 7) is 2.84. The summed E-state index contributed by atoms with van der Waals surface area (Å²) in [5.41, 5.74) is 1.39. The van der Waals surface area contributed by atoms with Crippen LogP contribution < -0.4 is 23.8 Å². The summed E-state index contributed by atoms with van der Waals surface area (Å²) in [4.78, 5) is 19.0. The molecule has 1 aliphatic heterocycles. The van der Waals surface area contributed by atoms with Crippen molar-refractivity contribution in [3.63, 3.8) is 0 Å². The summed E-state index contributed by atoms with van der Waals surface area (Å²) in [6, 6.07) is 11.0. The molecular weight excluding hydrogens is 414 g/mol. The van der Waals surface area contributed by atoms with Crippen molar-refractivity contribution in [2.75, 3.05) is 39.4 Å². The first-order valence-corrected chi connectivity index (χ1v) is 10.3. The van der Waals surface area contributed by atoms with Gasteiger partial charge in [0, 0.05) is 25.1 Å². The molecular formula is C23H25N3O6. The maximum absolute atomic E-state index is 12.8. The van der Waals surface area contributed by atoms with E-state index >= 15 is 0 Å². The predicted molar refractivity (Wildman–Crippen MR) is 117 cm³/mol. The van der Waals surface area contributed by atoms with Crippen molar-refractivity contribution in [2.45, 2.75) is 19.3 Å². The van der Waals surface area contributed by atoms with Gasteiger partial charge in [0.2, 0.25) is 23.4 Å². The van der Waals surface area contributed by atoms with E-state index in [0.717, 1.165) is 5.56 Å². The number of rotatable bonds is 8. The molecule has 1 aromatic heterocycles. The number of methoxy groups -OCH3 is 3. The van der Waals surface area contributed by atoms with Gasteiger partial charge in [-0.3, -0.25) is 4.79 Å². The van der Waals surface area contributed by atoms with Gasteiger partial charge >= 0.3 is 0 Å². The summed E-state index contributed by atoms with van der Waals surface area (Å²) in [6.07, 6.45) is 0.255. The summed E-state index contributed by atoms with van der Waals surface area (Å²) >= 11 is 0. The van der Waals surface area contributed by atoms with E-state index in [1.807, 2.05) is 31.2 Å². The zero-order valence-corrected chi connectivity index (χ0v) is 18.5. The summed E-state index contributed by atoms with van der Waals surface area (Å²) in [7, 11) is 4.61. The first kappa shape index (κ1) is 21.5. The number of carbonyl (C=O) groups excluding carboxylic acids is 1. The number of ether oxygens (including phenoxy) is 4. The average molecular weight is 439 g/mol. The Morgan fingerprint density at radius 3 is 2.44 bits per heavy atom. The molecule has 32 heavy (non-hydrogen) atoms. The normalized spacial score (nSPS) is 15.7. The second-order valence-corrected chi connectivity index (χ2v) is 7.17. The van der Waals surface area contributed by atoms with Crippen LogP contribution >= 0.6 is 0 Å². The monoisotopic (exact) mass is 439 g/mol. The van der Waals surface area contributed by atoms with E-state index < -0.39 is 0 Å². The van der Waals surface area contributed by atoms with E-state index in [1.54, 1.807) is 17.0 Å². The lowest BCUT2D eigenvalue weighted by Crippen LogP contribution is -2.24. The molecule has 1 amide bonds. The van der Waals surface area contributed by atoms with Crippen LogP contribution in [0.15, 0.2) is 40.9 Å². The molecule has 0 N–H and O–H groups in total. The van der Waals surface area contributed by atoms with Gasteiger partial charge in [-0.15, -0.1) is 0 Å². The highest BCUT2D eigenvalue weighted by atomic mass is 16.5. The highest BCUT2D eigenvalue weighted by molar-refractivity contribution is 5.97. The molecule has 168 valence electrons. The average Bonchev–Trinajstić information content (AvgIpc) is 3.45. The second kappa shape index (κ2) is 9.17. The maximum atomic E-state index is 12.8. The summed E-state index contributed by atoms with van der Waals surface area (Å²) in [5, 5.41) is 4.12. The number of amides is 1. The van der Waals surface area contributed by atoms with Crippen molar-refractivity contribution < 1.29 is 28.3 Å². The molecule has 4 rings (SSSR count). The topological polar surface area (TPSA) is 96.2 Å². The minimum atomic E-state index is -0.234. The Morgan fingerprint density at radius 1 is 1.06 bits per heavy atom. The molecule has 0 radical (unpaired) electrons. The van der Waals surface area contributed by atoms with E-state index in [2.05, 4.69) is 10.1 Å². The predicted octanol–water partition coefficient (Wildman–Crippen LogP) is 3.68. The van der Waals surface area contributed by atoms with Crippen molar-refractivity contribution in [1.29, 1.82) is 0 Å². The molecule has 1 unspecified atom stereocenters. The Hall–Kier alpha value is -3.75. The molecule has 9 nitrogen and oxygen atoms in total. The van der Waals surface area contributed by atoms with E-state index in [9.17, 15) is 4.79 Å². The van der Waals surface area contributed by atoms with Crippen LogP contribution in [0, 0.1) is 0 Å². The van der Waals surface area contributed by atoms with E-state index in [0.29, 0.717) is 53.6 Å². The molecule has 0 saturated carbocycles. The van der Waals surface area contributed by atoms with Crippen molar-refractivity contribution >= 4 is 11.6 Å². The zero-order valence-electron chi connectivity index (χ0n) is 18.5. The SMILES string of the molecule is CCOc1ccccc1-c1noc(C2CC(=O)N(c3cc(OC)c(OC)c(OC)c3)C2)n1. The molecule has 0 aliphatic carbocycles. The number of hydrogen-bond donors (Lipinski definition) is 0. The van der Waals surface area contributed by atoms with E-state index in [1.165, 1.54) is 21.3 Å². The van der Waals surface area contributed by atoms with Crippen LogP contribution in [0.25, 0.3) is 11.4 Å². The smallest absolute Gasteiger partial charge is 0.232 e. The van der Waals surface area contributed by atoms with Crippen molar-refractivity contribution in [2.24, 2.45) is 0 Å². The lowest BCUT2D eigenvalue weighted by Gasteiger charge is -2.20. The van der Waals surface area contributed by atoms with Gasteiger partial charge in [0.05, 0.1) is 45.1 Å². The number of para-hydroxylation sites is 1. The van der Waals surface area contributed by atoms with Crippen molar-refractivity contribution in [1.82, 2.24) is 10.1 Å². The molecule has 2 aromatic carbocycles. The summed E-state index contributed by atoms with van der Waals surface area (Å²) in [5.74, 6) is 2.66. The minimum Gasteiger partial charge on any atom is -0.493 e. The molecule has 1 atom stereocenters. The maximum Gasteiger partial charge on any atom is 0.232 e. The Bertz CT molecular complexity index is 1090. The van der Waals surface area contributed by atoms with Gasteiger partial charge in [-0.2, -0.15) is 4.98 Å². The third-order valence-electron chi connectivity index (χ3n) is 5.30. The van der Waals surface area contributed by atoms with Gasteiger partial charge in [0.15, 0.2) is 11.5 Å². The molecule has 2 heterocycles. The standard InChI is InChI=1S/C23H25N3O6/c1-5-31-17-9-7-6-8-16(17)22-24-23(32-25-22)14-10-20(27)26(13-14)15-11-18(28-2)21(30-4)19(12-15)29-3/h6-9,11-12,14H,5,10,13H2,1-4H3. The molecule has 9 heteroatoms. The highest BCUT2D eigenvalue weighted by Crippen LogP contribution is 2.43. The number of carbonyl (C=O) groups is 1. The number of nitrogens with zero attached hydrogens (tertiary/aromatic N) is 3. The Balaban J connectivity index is 1.59. The van der Waals surface area contributed by atoms with Crippen LogP contribution in [-0.2, 0) is 4.79 Å².